The Kier molecular flexibility index (Phi) is 5.07. The molecule has 0 amide bonds. The van der Waals surface area contributed by atoms with Gasteiger partial charge in [0.2, 0.25) is 0 Å². The van der Waals surface area contributed by atoms with Crippen LogP contribution in [-0.4, -0.2) is 24.1 Å². The second-order valence-corrected chi connectivity index (χ2v) is 9.77. The second kappa shape index (κ2) is 9.03. The van der Waals surface area contributed by atoms with E-state index in [1.165, 1.54) is 5.39 Å². The summed E-state index contributed by atoms with van der Waals surface area (Å²) in [6.45, 7) is 0. The number of fused-ring (bicyclic) bond motifs is 5. The summed E-state index contributed by atoms with van der Waals surface area (Å²) in [6.07, 6.45) is 3.65. The van der Waals surface area contributed by atoms with Gasteiger partial charge in [-0.1, -0.05) is 72.8 Å². The van der Waals surface area contributed by atoms with Gasteiger partial charge in [0.25, 0.3) is 0 Å². The van der Waals surface area contributed by atoms with Crippen molar-refractivity contribution in [3.63, 3.8) is 0 Å². The van der Waals surface area contributed by atoms with Crippen molar-refractivity contribution in [3.8, 4) is 34.2 Å². The van der Waals surface area contributed by atoms with Crippen molar-refractivity contribution in [2.24, 2.45) is 0 Å². The van der Waals surface area contributed by atoms with E-state index in [1.807, 2.05) is 48.8 Å². The van der Waals surface area contributed by atoms with Crippen molar-refractivity contribution in [1.82, 2.24) is 24.1 Å². The summed E-state index contributed by atoms with van der Waals surface area (Å²) < 4.78 is 4.49. The molecular formula is C35H23N5. The summed E-state index contributed by atoms with van der Waals surface area (Å²) in [4.78, 5) is 14.6. The Bertz CT molecular complexity index is 2130. The number of rotatable bonds is 4. The van der Waals surface area contributed by atoms with Gasteiger partial charge in [-0.2, -0.15) is 0 Å². The molecule has 8 aromatic rings. The van der Waals surface area contributed by atoms with Gasteiger partial charge in [-0.3, -0.25) is 9.55 Å². The van der Waals surface area contributed by atoms with E-state index in [9.17, 15) is 0 Å². The molecule has 0 radical (unpaired) electrons. The van der Waals surface area contributed by atoms with Crippen LogP contribution in [0.15, 0.2) is 140 Å². The lowest BCUT2D eigenvalue weighted by atomic mass is 10.1. The lowest BCUT2D eigenvalue weighted by Crippen LogP contribution is -1.99. The van der Waals surface area contributed by atoms with E-state index in [0.717, 1.165) is 61.6 Å². The fourth-order valence-corrected chi connectivity index (χ4v) is 5.69. The quantitative estimate of drug-likeness (QED) is 0.238. The molecule has 4 aromatic heterocycles. The minimum absolute atomic E-state index is 0.833. The van der Waals surface area contributed by atoms with Gasteiger partial charge in [-0.05, 0) is 54.6 Å². The van der Waals surface area contributed by atoms with Gasteiger partial charge in [-0.25, -0.2) is 9.97 Å². The van der Waals surface area contributed by atoms with Crippen LogP contribution < -0.4 is 0 Å². The average Bonchev–Trinajstić information content (AvgIpc) is 3.59. The van der Waals surface area contributed by atoms with E-state index >= 15 is 0 Å². The topological polar surface area (TPSA) is 48.5 Å². The largest absolute Gasteiger partial charge is 0.309 e. The van der Waals surface area contributed by atoms with Crippen LogP contribution in [0.4, 0.5) is 0 Å². The Morgan fingerprint density at radius 1 is 0.475 bits per heavy atom. The first-order valence-corrected chi connectivity index (χ1v) is 13.3. The van der Waals surface area contributed by atoms with E-state index in [1.54, 1.807) is 0 Å². The first-order chi connectivity index (χ1) is 19.9. The number of pyridine rings is 2. The molecule has 0 fully saturated rings. The highest BCUT2D eigenvalue weighted by Crippen LogP contribution is 2.39. The normalized spacial score (nSPS) is 11.5. The molecule has 5 nitrogen and oxygen atoms in total. The van der Waals surface area contributed by atoms with Gasteiger partial charge < -0.3 is 4.57 Å². The van der Waals surface area contributed by atoms with Crippen LogP contribution in [-0.2, 0) is 0 Å². The number of hydrogen-bond donors (Lipinski definition) is 0. The monoisotopic (exact) mass is 513 g/mol. The van der Waals surface area contributed by atoms with Gasteiger partial charge in [0.1, 0.15) is 11.6 Å². The van der Waals surface area contributed by atoms with Crippen molar-refractivity contribution in [3.05, 3.63) is 140 Å². The maximum atomic E-state index is 5.34. The van der Waals surface area contributed by atoms with Crippen LogP contribution in [0, 0.1) is 0 Å². The Morgan fingerprint density at radius 2 is 1.18 bits per heavy atom. The molecule has 0 aliphatic heterocycles. The Hall–Kier alpha value is -5.55. The van der Waals surface area contributed by atoms with Crippen molar-refractivity contribution in [2.45, 2.75) is 0 Å². The third-order valence-electron chi connectivity index (χ3n) is 7.46. The van der Waals surface area contributed by atoms with E-state index in [2.05, 4.69) is 105 Å². The first kappa shape index (κ1) is 22.4. The van der Waals surface area contributed by atoms with Crippen LogP contribution >= 0.6 is 0 Å². The predicted molar refractivity (Wildman–Crippen MR) is 162 cm³/mol. The highest BCUT2D eigenvalue weighted by molar-refractivity contribution is 6.20. The van der Waals surface area contributed by atoms with Crippen LogP contribution in [0.2, 0.25) is 0 Å². The van der Waals surface area contributed by atoms with E-state index < -0.39 is 0 Å². The molecule has 4 heterocycles. The van der Waals surface area contributed by atoms with E-state index in [0.29, 0.717) is 0 Å². The maximum absolute atomic E-state index is 5.34. The summed E-state index contributed by atoms with van der Waals surface area (Å²) in [7, 11) is 0. The summed E-state index contributed by atoms with van der Waals surface area (Å²) in [5.74, 6) is 1.69. The standard InChI is InChI=1S/C35H23N5/c1-2-10-26(11-3-1)39-29-14-5-4-12-27(29)33-30(39)20-21-31-34(33)38-35(40(31)32-15-7-9-23-37-32)25-18-16-24(17-19-25)28-13-6-8-22-36-28/h1-23H. The fraction of sp³-hybridized carbons (Fsp3) is 0. The third kappa shape index (κ3) is 3.45. The fourth-order valence-electron chi connectivity index (χ4n) is 5.69. The van der Waals surface area contributed by atoms with Crippen LogP contribution in [0.5, 0.6) is 0 Å². The molecule has 0 saturated carbocycles. The highest BCUT2D eigenvalue weighted by Gasteiger charge is 2.21. The zero-order valence-electron chi connectivity index (χ0n) is 21.5. The Morgan fingerprint density at radius 3 is 1.95 bits per heavy atom. The second-order valence-electron chi connectivity index (χ2n) is 9.77. The summed E-state index contributed by atoms with van der Waals surface area (Å²) in [5.41, 5.74) is 8.42. The van der Waals surface area contributed by atoms with Gasteiger partial charge >= 0.3 is 0 Å². The summed E-state index contributed by atoms with van der Waals surface area (Å²) in [5, 5.41) is 2.31. The third-order valence-corrected chi connectivity index (χ3v) is 7.46. The van der Waals surface area contributed by atoms with Crippen LogP contribution in [0.25, 0.3) is 67.0 Å². The molecule has 0 spiro atoms. The molecule has 5 heteroatoms. The van der Waals surface area contributed by atoms with Crippen molar-refractivity contribution < 1.29 is 0 Å². The lowest BCUT2D eigenvalue weighted by Gasteiger charge is -2.09. The summed E-state index contributed by atoms with van der Waals surface area (Å²) >= 11 is 0. The van der Waals surface area contributed by atoms with E-state index in [-0.39, 0.29) is 0 Å². The molecule has 0 bridgehead atoms. The molecule has 0 aliphatic rings. The Balaban J connectivity index is 1.43. The minimum Gasteiger partial charge on any atom is -0.309 e. The Labute approximate surface area is 230 Å². The van der Waals surface area contributed by atoms with Crippen molar-refractivity contribution >= 4 is 32.8 Å². The van der Waals surface area contributed by atoms with Gasteiger partial charge in [0, 0.05) is 40.0 Å². The van der Waals surface area contributed by atoms with Crippen LogP contribution in [0.1, 0.15) is 0 Å². The van der Waals surface area contributed by atoms with Crippen molar-refractivity contribution in [1.29, 1.82) is 0 Å². The number of benzene rings is 4. The number of aromatic nitrogens is 5. The number of nitrogens with zero attached hydrogens (tertiary/aromatic N) is 5. The van der Waals surface area contributed by atoms with Gasteiger partial charge in [-0.15, -0.1) is 0 Å². The van der Waals surface area contributed by atoms with Crippen molar-refractivity contribution in [2.75, 3.05) is 0 Å². The van der Waals surface area contributed by atoms with E-state index in [4.69, 9.17) is 9.97 Å². The number of para-hydroxylation sites is 2. The molecule has 0 atom stereocenters. The predicted octanol–water partition coefficient (Wildman–Crippen LogP) is 8.25. The molecule has 40 heavy (non-hydrogen) atoms. The molecule has 0 unspecified atom stereocenters. The molecule has 0 aliphatic carbocycles. The highest BCUT2D eigenvalue weighted by atomic mass is 15.1. The maximum Gasteiger partial charge on any atom is 0.146 e. The zero-order chi connectivity index (χ0) is 26.5. The van der Waals surface area contributed by atoms with Gasteiger partial charge in [0.15, 0.2) is 0 Å². The molecule has 8 rings (SSSR count). The zero-order valence-corrected chi connectivity index (χ0v) is 21.5. The summed E-state index contributed by atoms with van der Waals surface area (Å²) in [6, 6.07) is 43.9. The molecule has 188 valence electrons. The molecule has 0 saturated heterocycles. The number of hydrogen-bond acceptors (Lipinski definition) is 3. The van der Waals surface area contributed by atoms with Gasteiger partial charge in [0.05, 0.1) is 27.8 Å². The molecular weight excluding hydrogens is 490 g/mol. The first-order valence-electron chi connectivity index (χ1n) is 13.3. The number of imidazole rings is 1. The smallest absolute Gasteiger partial charge is 0.146 e. The minimum atomic E-state index is 0.833. The SMILES string of the molecule is c1ccc(-n2c3ccccc3c3c4nc(-c5ccc(-c6ccccn6)cc5)n(-c5ccccn5)c4ccc32)cc1. The molecule has 4 aromatic carbocycles. The average molecular weight is 514 g/mol. The lowest BCUT2D eigenvalue weighted by molar-refractivity contribution is 1.03. The van der Waals surface area contributed by atoms with Crippen LogP contribution in [0.3, 0.4) is 0 Å². The molecule has 0 N–H and O–H groups in total.